The molecular formula is C13H14ClNO2. The molecule has 0 fully saturated rings. The van der Waals surface area contributed by atoms with Crippen LogP contribution in [0, 0.1) is 6.92 Å². The number of hydrogen-bond donors (Lipinski definition) is 1. The van der Waals surface area contributed by atoms with Crippen LogP contribution in [0.3, 0.4) is 0 Å². The molecule has 0 bridgehead atoms. The number of nitrogens with one attached hydrogen (secondary N) is 1. The van der Waals surface area contributed by atoms with Gasteiger partial charge in [-0.05, 0) is 31.0 Å². The molecule has 2 rings (SSSR count). The van der Waals surface area contributed by atoms with Crippen LogP contribution in [0.15, 0.2) is 12.1 Å². The van der Waals surface area contributed by atoms with Gasteiger partial charge in [0.25, 0.3) is 0 Å². The van der Waals surface area contributed by atoms with Gasteiger partial charge in [0.1, 0.15) is 0 Å². The van der Waals surface area contributed by atoms with E-state index < -0.39 is 0 Å². The first-order valence-electron chi connectivity index (χ1n) is 5.47. The summed E-state index contributed by atoms with van der Waals surface area (Å²) in [5.74, 6) is -0.324. The molecule has 4 heteroatoms. The number of esters is 1. The van der Waals surface area contributed by atoms with E-state index >= 15 is 0 Å². The van der Waals surface area contributed by atoms with E-state index in [4.69, 9.17) is 16.3 Å². The van der Waals surface area contributed by atoms with Crippen molar-refractivity contribution in [2.75, 3.05) is 7.11 Å². The van der Waals surface area contributed by atoms with E-state index in [1.807, 2.05) is 19.9 Å². The summed E-state index contributed by atoms with van der Waals surface area (Å²) in [5, 5.41) is 1.46. The summed E-state index contributed by atoms with van der Waals surface area (Å²) in [7, 11) is 1.39. The third-order valence-corrected chi connectivity index (χ3v) is 3.11. The molecule has 0 aliphatic carbocycles. The molecule has 2 aromatic rings. The summed E-state index contributed by atoms with van der Waals surface area (Å²) in [4.78, 5) is 15.1. The van der Waals surface area contributed by atoms with Crippen LogP contribution >= 0.6 is 11.6 Å². The van der Waals surface area contributed by atoms with Gasteiger partial charge in [-0.3, -0.25) is 0 Å². The molecule has 1 aromatic heterocycles. The van der Waals surface area contributed by atoms with Gasteiger partial charge in [-0.15, -0.1) is 0 Å². The normalized spacial score (nSPS) is 10.8. The SMILES string of the molecule is CCc1[nH]c2c(C)cc(Cl)cc2c1C(=O)OC. The minimum atomic E-state index is -0.324. The Bertz CT molecular complexity index is 587. The Balaban J connectivity index is 2.83. The van der Waals surface area contributed by atoms with Crippen molar-refractivity contribution < 1.29 is 9.53 Å². The Hall–Kier alpha value is -1.48. The Labute approximate surface area is 105 Å². The van der Waals surface area contributed by atoms with E-state index in [0.29, 0.717) is 10.6 Å². The molecule has 0 saturated heterocycles. The highest BCUT2D eigenvalue weighted by atomic mass is 35.5. The van der Waals surface area contributed by atoms with Gasteiger partial charge in [-0.1, -0.05) is 18.5 Å². The number of carbonyl (C=O) groups is 1. The van der Waals surface area contributed by atoms with Crippen LogP contribution in [0.4, 0.5) is 0 Å². The van der Waals surface area contributed by atoms with Gasteiger partial charge in [-0.2, -0.15) is 0 Å². The second-order valence-electron chi connectivity index (χ2n) is 3.97. The van der Waals surface area contributed by atoms with Gasteiger partial charge in [0.2, 0.25) is 0 Å². The number of halogens is 1. The highest BCUT2D eigenvalue weighted by Crippen LogP contribution is 2.29. The zero-order valence-electron chi connectivity index (χ0n) is 10.1. The first-order valence-corrected chi connectivity index (χ1v) is 5.85. The number of methoxy groups -OCH3 is 1. The minimum absolute atomic E-state index is 0.324. The Kier molecular flexibility index (Phi) is 3.11. The minimum Gasteiger partial charge on any atom is -0.465 e. The maximum atomic E-state index is 11.8. The molecule has 0 amide bonds. The van der Waals surface area contributed by atoms with Crippen LogP contribution in [0.2, 0.25) is 5.02 Å². The third-order valence-electron chi connectivity index (χ3n) is 2.89. The first-order chi connectivity index (χ1) is 8.08. The van der Waals surface area contributed by atoms with Crippen molar-refractivity contribution in [3.05, 3.63) is 34.0 Å². The molecule has 0 aliphatic heterocycles. The van der Waals surface area contributed by atoms with Gasteiger partial charge in [0.05, 0.1) is 12.7 Å². The molecule has 17 heavy (non-hydrogen) atoms. The lowest BCUT2D eigenvalue weighted by Gasteiger charge is -2.01. The Morgan fingerprint density at radius 1 is 1.47 bits per heavy atom. The number of ether oxygens (including phenoxy) is 1. The molecule has 0 saturated carbocycles. The van der Waals surface area contributed by atoms with Crippen molar-refractivity contribution in [1.82, 2.24) is 4.98 Å². The molecule has 1 N–H and O–H groups in total. The first kappa shape index (κ1) is 12.0. The summed E-state index contributed by atoms with van der Waals surface area (Å²) < 4.78 is 4.82. The molecule has 0 spiro atoms. The number of rotatable bonds is 2. The van der Waals surface area contributed by atoms with E-state index in [-0.39, 0.29) is 5.97 Å². The zero-order valence-corrected chi connectivity index (χ0v) is 10.8. The van der Waals surface area contributed by atoms with E-state index in [1.165, 1.54) is 7.11 Å². The molecule has 0 aliphatic rings. The summed E-state index contributed by atoms with van der Waals surface area (Å²) >= 11 is 6.03. The van der Waals surface area contributed by atoms with Crippen LogP contribution in [0.1, 0.15) is 28.5 Å². The number of aromatic nitrogens is 1. The average molecular weight is 252 g/mol. The lowest BCUT2D eigenvalue weighted by molar-refractivity contribution is 0.0602. The molecular weight excluding hydrogens is 238 g/mol. The van der Waals surface area contributed by atoms with E-state index in [9.17, 15) is 4.79 Å². The predicted octanol–water partition coefficient (Wildman–Crippen LogP) is 3.48. The van der Waals surface area contributed by atoms with Crippen molar-refractivity contribution in [1.29, 1.82) is 0 Å². The van der Waals surface area contributed by atoms with Gasteiger partial charge in [0.15, 0.2) is 0 Å². The van der Waals surface area contributed by atoms with Crippen molar-refractivity contribution in [2.24, 2.45) is 0 Å². The number of aromatic amines is 1. The molecule has 1 aromatic carbocycles. The summed E-state index contributed by atoms with van der Waals surface area (Å²) in [6.45, 7) is 3.96. The van der Waals surface area contributed by atoms with Gasteiger partial charge in [0, 0.05) is 21.6 Å². The molecule has 1 heterocycles. The van der Waals surface area contributed by atoms with Crippen molar-refractivity contribution in [3.63, 3.8) is 0 Å². The fourth-order valence-corrected chi connectivity index (χ4v) is 2.36. The number of fused-ring (bicyclic) bond motifs is 1. The fourth-order valence-electron chi connectivity index (χ4n) is 2.08. The summed E-state index contributed by atoms with van der Waals surface area (Å²) in [6, 6.07) is 3.67. The van der Waals surface area contributed by atoms with Gasteiger partial charge >= 0.3 is 5.97 Å². The maximum Gasteiger partial charge on any atom is 0.340 e. The van der Waals surface area contributed by atoms with Gasteiger partial charge in [-0.25, -0.2) is 4.79 Å². The van der Waals surface area contributed by atoms with E-state index in [2.05, 4.69) is 4.98 Å². The molecule has 0 atom stereocenters. The third kappa shape index (κ3) is 1.91. The number of benzene rings is 1. The lowest BCUT2D eigenvalue weighted by atomic mass is 10.1. The number of aryl methyl sites for hydroxylation is 2. The summed E-state index contributed by atoms with van der Waals surface area (Å²) in [5.41, 5.74) is 3.46. The zero-order chi connectivity index (χ0) is 12.6. The van der Waals surface area contributed by atoms with Crippen LogP contribution in [-0.4, -0.2) is 18.1 Å². The second kappa shape index (κ2) is 4.41. The Morgan fingerprint density at radius 3 is 2.76 bits per heavy atom. The van der Waals surface area contributed by atoms with E-state index in [0.717, 1.165) is 28.6 Å². The van der Waals surface area contributed by atoms with Crippen molar-refractivity contribution in [3.8, 4) is 0 Å². The standard InChI is InChI=1S/C13H14ClNO2/c1-4-10-11(13(16)17-3)9-6-8(14)5-7(2)12(9)15-10/h5-6,15H,4H2,1-3H3. The van der Waals surface area contributed by atoms with E-state index in [1.54, 1.807) is 6.07 Å². The number of hydrogen-bond acceptors (Lipinski definition) is 2. The number of carbonyl (C=O) groups excluding carboxylic acids is 1. The van der Waals surface area contributed by atoms with Crippen LogP contribution in [0.25, 0.3) is 10.9 Å². The van der Waals surface area contributed by atoms with Crippen LogP contribution in [0.5, 0.6) is 0 Å². The molecule has 3 nitrogen and oxygen atoms in total. The quantitative estimate of drug-likeness (QED) is 0.831. The Morgan fingerprint density at radius 2 is 2.18 bits per heavy atom. The lowest BCUT2D eigenvalue weighted by Crippen LogP contribution is -2.03. The van der Waals surface area contributed by atoms with Crippen molar-refractivity contribution in [2.45, 2.75) is 20.3 Å². The van der Waals surface area contributed by atoms with Crippen molar-refractivity contribution >= 4 is 28.5 Å². The largest absolute Gasteiger partial charge is 0.465 e. The highest BCUT2D eigenvalue weighted by molar-refractivity contribution is 6.31. The number of H-pyrrole nitrogens is 1. The average Bonchev–Trinajstić information content (AvgIpc) is 2.66. The fraction of sp³-hybridized carbons (Fsp3) is 0.308. The van der Waals surface area contributed by atoms with Gasteiger partial charge < -0.3 is 9.72 Å². The monoisotopic (exact) mass is 251 g/mol. The highest BCUT2D eigenvalue weighted by Gasteiger charge is 2.19. The predicted molar refractivity (Wildman–Crippen MR) is 68.8 cm³/mol. The van der Waals surface area contributed by atoms with Crippen LogP contribution < -0.4 is 0 Å². The maximum absolute atomic E-state index is 11.8. The summed E-state index contributed by atoms with van der Waals surface area (Å²) in [6.07, 6.45) is 0.746. The second-order valence-corrected chi connectivity index (χ2v) is 4.41. The molecule has 90 valence electrons. The van der Waals surface area contributed by atoms with Crippen LogP contribution in [-0.2, 0) is 11.2 Å². The molecule has 0 unspecified atom stereocenters. The topological polar surface area (TPSA) is 42.1 Å². The smallest absolute Gasteiger partial charge is 0.340 e. The molecule has 0 radical (unpaired) electrons.